The van der Waals surface area contributed by atoms with Gasteiger partial charge in [-0.1, -0.05) is 0 Å². The first kappa shape index (κ1) is 15.3. The number of aliphatic hydroxyl groups is 1. The Balaban J connectivity index is 2.28. The molecule has 2 aromatic rings. The van der Waals surface area contributed by atoms with Crippen LogP contribution in [-0.2, 0) is 0 Å². The highest BCUT2D eigenvalue weighted by molar-refractivity contribution is 5.43. The molecule has 1 unspecified atom stereocenters. The van der Waals surface area contributed by atoms with Gasteiger partial charge in [-0.15, -0.1) is 0 Å². The van der Waals surface area contributed by atoms with Crippen molar-refractivity contribution in [2.75, 3.05) is 6.61 Å². The predicted octanol–water partition coefficient (Wildman–Crippen LogP) is 4.38. The van der Waals surface area contributed by atoms with E-state index >= 15 is 0 Å². The van der Waals surface area contributed by atoms with Crippen molar-refractivity contribution >= 4 is 0 Å². The minimum atomic E-state index is -0.808. The lowest BCUT2D eigenvalue weighted by molar-refractivity contribution is 0.195. The summed E-state index contributed by atoms with van der Waals surface area (Å²) in [6, 6.07) is 10.1. The Morgan fingerprint density at radius 1 is 1.14 bits per heavy atom. The van der Waals surface area contributed by atoms with Crippen LogP contribution in [0.25, 0.3) is 0 Å². The standard InChI is InChI=1S/C17H19FO3/c1-4-20-13-5-7-14(8-6-13)21-17-9-11(2)16(18)10-15(17)12(3)19/h5-10,12,19H,4H2,1-3H3. The molecule has 0 saturated heterocycles. The first-order valence-corrected chi connectivity index (χ1v) is 6.90. The second-order valence-electron chi connectivity index (χ2n) is 4.82. The van der Waals surface area contributed by atoms with E-state index in [0.717, 1.165) is 5.75 Å². The maximum Gasteiger partial charge on any atom is 0.133 e. The van der Waals surface area contributed by atoms with Crippen molar-refractivity contribution < 1.29 is 19.0 Å². The highest BCUT2D eigenvalue weighted by atomic mass is 19.1. The number of rotatable bonds is 5. The highest BCUT2D eigenvalue weighted by Gasteiger charge is 2.13. The third kappa shape index (κ3) is 3.73. The monoisotopic (exact) mass is 290 g/mol. The second-order valence-corrected chi connectivity index (χ2v) is 4.82. The van der Waals surface area contributed by atoms with Crippen LogP contribution in [0.15, 0.2) is 36.4 Å². The lowest BCUT2D eigenvalue weighted by atomic mass is 10.1. The van der Waals surface area contributed by atoms with Gasteiger partial charge in [0.05, 0.1) is 12.7 Å². The zero-order chi connectivity index (χ0) is 15.4. The minimum absolute atomic E-state index is 0.357. The summed E-state index contributed by atoms with van der Waals surface area (Å²) in [5, 5.41) is 9.75. The topological polar surface area (TPSA) is 38.7 Å². The number of aliphatic hydroxyl groups excluding tert-OH is 1. The number of halogens is 1. The molecule has 112 valence electrons. The fraction of sp³-hybridized carbons (Fsp3) is 0.294. The quantitative estimate of drug-likeness (QED) is 0.888. The van der Waals surface area contributed by atoms with Crippen molar-refractivity contribution in [3.8, 4) is 17.2 Å². The van der Waals surface area contributed by atoms with E-state index in [2.05, 4.69) is 0 Å². The molecule has 2 rings (SSSR count). The van der Waals surface area contributed by atoms with Crippen LogP contribution in [0.1, 0.15) is 31.1 Å². The smallest absolute Gasteiger partial charge is 0.133 e. The molecule has 0 fully saturated rings. The van der Waals surface area contributed by atoms with E-state index in [9.17, 15) is 9.50 Å². The molecule has 0 amide bonds. The molecule has 0 heterocycles. The van der Waals surface area contributed by atoms with Gasteiger partial charge in [0.25, 0.3) is 0 Å². The first-order valence-electron chi connectivity index (χ1n) is 6.90. The summed E-state index contributed by atoms with van der Waals surface area (Å²) in [7, 11) is 0. The molecular formula is C17H19FO3. The van der Waals surface area contributed by atoms with Gasteiger partial charge >= 0.3 is 0 Å². The van der Waals surface area contributed by atoms with Gasteiger partial charge in [0.1, 0.15) is 23.1 Å². The Bertz CT molecular complexity index is 606. The Labute approximate surface area is 124 Å². The van der Waals surface area contributed by atoms with E-state index < -0.39 is 6.10 Å². The Morgan fingerprint density at radius 2 is 1.76 bits per heavy atom. The van der Waals surface area contributed by atoms with Gasteiger partial charge in [-0.3, -0.25) is 0 Å². The van der Waals surface area contributed by atoms with Gasteiger partial charge in [0.2, 0.25) is 0 Å². The second kappa shape index (κ2) is 6.59. The van der Waals surface area contributed by atoms with E-state index in [-0.39, 0.29) is 5.82 Å². The van der Waals surface area contributed by atoms with Crippen LogP contribution < -0.4 is 9.47 Å². The van der Waals surface area contributed by atoms with Crippen molar-refractivity contribution in [1.82, 2.24) is 0 Å². The molecule has 0 spiro atoms. The normalized spacial score (nSPS) is 12.0. The Kier molecular flexibility index (Phi) is 4.81. The molecule has 0 radical (unpaired) electrons. The first-order chi connectivity index (χ1) is 10.0. The molecule has 2 aromatic carbocycles. The van der Waals surface area contributed by atoms with E-state index in [0.29, 0.717) is 29.2 Å². The maximum absolute atomic E-state index is 13.6. The maximum atomic E-state index is 13.6. The number of hydrogen-bond donors (Lipinski definition) is 1. The zero-order valence-corrected chi connectivity index (χ0v) is 12.4. The molecule has 21 heavy (non-hydrogen) atoms. The summed E-state index contributed by atoms with van der Waals surface area (Å²) in [4.78, 5) is 0. The van der Waals surface area contributed by atoms with Gasteiger partial charge in [-0.05, 0) is 62.7 Å². The highest BCUT2D eigenvalue weighted by Crippen LogP contribution is 2.32. The Hall–Kier alpha value is -2.07. The molecule has 0 aromatic heterocycles. The van der Waals surface area contributed by atoms with Crippen molar-refractivity contribution in [3.05, 3.63) is 53.3 Å². The van der Waals surface area contributed by atoms with Gasteiger partial charge < -0.3 is 14.6 Å². The molecule has 1 N–H and O–H groups in total. The van der Waals surface area contributed by atoms with Crippen LogP contribution in [0.3, 0.4) is 0 Å². The van der Waals surface area contributed by atoms with Gasteiger partial charge in [0, 0.05) is 5.56 Å². The van der Waals surface area contributed by atoms with Crippen molar-refractivity contribution in [3.63, 3.8) is 0 Å². The molecule has 3 nitrogen and oxygen atoms in total. The molecule has 1 atom stereocenters. The summed E-state index contributed by atoms with van der Waals surface area (Å²) in [6.45, 7) is 5.76. The van der Waals surface area contributed by atoms with Crippen LogP contribution in [0.5, 0.6) is 17.2 Å². The van der Waals surface area contributed by atoms with Gasteiger partial charge in [-0.2, -0.15) is 0 Å². The number of benzene rings is 2. The number of ether oxygens (including phenoxy) is 2. The average Bonchev–Trinajstić information content (AvgIpc) is 2.44. The summed E-state index contributed by atoms with van der Waals surface area (Å²) >= 11 is 0. The fourth-order valence-electron chi connectivity index (χ4n) is 1.98. The third-order valence-corrected chi connectivity index (χ3v) is 3.10. The van der Waals surface area contributed by atoms with Crippen LogP contribution in [0.2, 0.25) is 0 Å². The summed E-state index contributed by atoms with van der Waals surface area (Å²) < 4.78 is 24.7. The number of aryl methyl sites for hydroxylation is 1. The summed E-state index contributed by atoms with van der Waals surface area (Å²) in [5.41, 5.74) is 0.896. The predicted molar refractivity (Wildman–Crippen MR) is 79.5 cm³/mol. The SMILES string of the molecule is CCOc1ccc(Oc2cc(C)c(F)cc2C(C)O)cc1. The fourth-order valence-corrected chi connectivity index (χ4v) is 1.98. The van der Waals surface area contributed by atoms with Crippen LogP contribution >= 0.6 is 0 Å². The van der Waals surface area contributed by atoms with Crippen molar-refractivity contribution in [2.24, 2.45) is 0 Å². The van der Waals surface area contributed by atoms with Crippen LogP contribution in [0, 0.1) is 12.7 Å². The van der Waals surface area contributed by atoms with Crippen LogP contribution in [-0.4, -0.2) is 11.7 Å². The zero-order valence-electron chi connectivity index (χ0n) is 12.4. The summed E-state index contributed by atoms with van der Waals surface area (Å²) in [6.07, 6.45) is -0.808. The molecule has 0 saturated carbocycles. The largest absolute Gasteiger partial charge is 0.494 e. The Morgan fingerprint density at radius 3 is 2.33 bits per heavy atom. The molecule has 4 heteroatoms. The number of hydrogen-bond acceptors (Lipinski definition) is 3. The molecule has 0 aliphatic heterocycles. The van der Waals surface area contributed by atoms with Crippen molar-refractivity contribution in [1.29, 1.82) is 0 Å². The van der Waals surface area contributed by atoms with E-state index in [1.54, 1.807) is 44.2 Å². The molecular weight excluding hydrogens is 271 g/mol. The third-order valence-electron chi connectivity index (χ3n) is 3.10. The van der Waals surface area contributed by atoms with Gasteiger partial charge in [0.15, 0.2) is 0 Å². The average molecular weight is 290 g/mol. The summed E-state index contributed by atoms with van der Waals surface area (Å²) in [5.74, 6) is 1.46. The van der Waals surface area contributed by atoms with Gasteiger partial charge in [-0.25, -0.2) is 4.39 Å². The van der Waals surface area contributed by atoms with E-state index in [1.165, 1.54) is 6.07 Å². The van der Waals surface area contributed by atoms with E-state index in [1.807, 2.05) is 6.92 Å². The minimum Gasteiger partial charge on any atom is -0.494 e. The molecule has 0 aliphatic rings. The lowest BCUT2D eigenvalue weighted by Crippen LogP contribution is -1.99. The molecule has 0 bridgehead atoms. The molecule has 0 aliphatic carbocycles. The van der Waals surface area contributed by atoms with Crippen LogP contribution in [0.4, 0.5) is 4.39 Å². The van der Waals surface area contributed by atoms with E-state index in [4.69, 9.17) is 9.47 Å². The van der Waals surface area contributed by atoms with Crippen molar-refractivity contribution in [2.45, 2.75) is 26.9 Å². The lowest BCUT2D eigenvalue weighted by Gasteiger charge is -2.15.